The van der Waals surface area contributed by atoms with E-state index in [4.69, 9.17) is 4.74 Å². The second-order valence-electron chi connectivity index (χ2n) is 7.79. The molecule has 1 amide bonds. The highest BCUT2D eigenvalue weighted by atomic mass is 32.2. The summed E-state index contributed by atoms with van der Waals surface area (Å²) in [5.41, 5.74) is 4.77. The smallest absolute Gasteiger partial charge is 0.251 e. The van der Waals surface area contributed by atoms with Gasteiger partial charge in [-0.2, -0.15) is 0 Å². The first-order valence-corrected chi connectivity index (χ1v) is 12.1. The van der Waals surface area contributed by atoms with E-state index in [1.165, 1.54) is 10.6 Å². The Balaban J connectivity index is 1.72. The molecule has 0 spiro atoms. The molecule has 168 valence electrons. The zero-order valence-electron chi connectivity index (χ0n) is 18.8. The minimum absolute atomic E-state index is 0.189. The molecule has 1 N–H and O–H groups in total. The normalized spacial score (nSPS) is 11.1. The summed E-state index contributed by atoms with van der Waals surface area (Å²) in [5, 5.41) is 2.89. The van der Waals surface area contributed by atoms with Gasteiger partial charge in [0.1, 0.15) is 5.75 Å². The first-order valence-electron chi connectivity index (χ1n) is 10.2. The number of methoxy groups -OCH3 is 1. The first-order chi connectivity index (χ1) is 15.2. The summed E-state index contributed by atoms with van der Waals surface area (Å²) in [7, 11) is -1.88. The number of anilines is 1. The zero-order chi connectivity index (χ0) is 23.3. The summed E-state index contributed by atoms with van der Waals surface area (Å²) in [6.45, 7) is 4.39. The number of nitrogens with one attached hydrogen (secondary N) is 1. The molecule has 0 atom stereocenters. The summed E-state index contributed by atoms with van der Waals surface area (Å²) >= 11 is 0. The molecule has 0 saturated heterocycles. The molecule has 0 aliphatic carbocycles. The van der Waals surface area contributed by atoms with Crippen LogP contribution in [0.5, 0.6) is 5.75 Å². The molecule has 32 heavy (non-hydrogen) atoms. The molecule has 0 radical (unpaired) electrons. The van der Waals surface area contributed by atoms with Crippen molar-refractivity contribution in [1.29, 1.82) is 0 Å². The van der Waals surface area contributed by atoms with Gasteiger partial charge in [-0.15, -0.1) is 0 Å². The van der Waals surface area contributed by atoms with Crippen LogP contribution in [0.4, 0.5) is 5.69 Å². The topological polar surface area (TPSA) is 75.7 Å². The predicted molar refractivity (Wildman–Crippen MR) is 128 cm³/mol. The molecule has 3 rings (SSSR count). The minimum atomic E-state index is -3.48. The van der Waals surface area contributed by atoms with Crippen molar-refractivity contribution in [2.24, 2.45) is 0 Å². The van der Waals surface area contributed by atoms with Crippen molar-refractivity contribution >= 4 is 21.6 Å². The van der Waals surface area contributed by atoms with Crippen molar-refractivity contribution in [3.05, 3.63) is 94.5 Å². The first kappa shape index (κ1) is 23.3. The van der Waals surface area contributed by atoms with Crippen LogP contribution in [0.15, 0.2) is 66.7 Å². The predicted octanol–water partition coefficient (Wildman–Crippen LogP) is 4.21. The van der Waals surface area contributed by atoms with E-state index in [-0.39, 0.29) is 12.5 Å². The highest BCUT2D eigenvalue weighted by molar-refractivity contribution is 7.92. The Morgan fingerprint density at radius 3 is 2.34 bits per heavy atom. The van der Waals surface area contributed by atoms with E-state index in [9.17, 15) is 13.2 Å². The fourth-order valence-corrected chi connectivity index (χ4v) is 4.30. The lowest BCUT2D eigenvalue weighted by atomic mass is 10.1. The highest BCUT2D eigenvalue weighted by Gasteiger charge is 2.20. The van der Waals surface area contributed by atoms with E-state index in [1.54, 1.807) is 31.4 Å². The van der Waals surface area contributed by atoms with Gasteiger partial charge in [0.05, 0.1) is 25.6 Å². The van der Waals surface area contributed by atoms with Crippen molar-refractivity contribution in [1.82, 2.24) is 5.32 Å². The second kappa shape index (κ2) is 9.87. The third kappa shape index (κ3) is 5.88. The summed E-state index contributed by atoms with van der Waals surface area (Å²) in [6, 6.07) is 20.2. The Morgan fingerprint density at radius 1 is 0.969 bits per heavy atom. The number of benzene rings is 3. The van der Waals surface area contributed by atoms with Crippen molar-refractivity contribution in [3.8, 4) is 5.75 Å². The molecule has 0 aliphatic heterocycles. The average molecular weight is 453 g/mol. The van der Waals surface area contributed by atoms with Crippen LogP contribution in [0, 0.1) is 13.8 Å². The van der Waals surface area contributed by atoms with E-state index in [0.717, 1.165) is 28.0 Å². The number of hydrogen-bond donors (Lipinski definition) is 1. The maximum atomic E-state index is 12.5. The van der Waals surface area contributed by atoms with Gasteiger partial charge in [0.2, 0.25) is 10.0 Å². The van der Waals surface area contributed by atoms with E-state index in [0.29, 0.717) is 17.8 Å². The Kier molecular flexibility index (Phi) is 7.20. The van der Waals surface area contributed by atoms with Crippen LogP contribution in [0.2, 0.25) is 0 Å². The summed E-state index contributed by atoms with van der Waals surface area (Å²) in [4.78, 5) is 12.5. The molecule has 0 aromatic heterocycles. The van der Waals surface area contributed by atoms with Crippen LogP contribution in [0.25, 0.3) is 0 Å². The highest BCUT2D eigenvalue weighted by Crippen LogP contribution is 2.26. The molecule has 0 fully saturated rings. The molecular weight excluding hydrogens is 424 g/mol. The Morgan fingerprint density at radius 2 is 1.69 bits per heavy atom. The number of sulfonamides is 1. The average Bonchev–Trinajstić information content (AvgIpc) is 2.77. The van der Waals surface area contributed by atoms with Crippen molar-refractivity contribution in [2.45, 2.75) is 26.9 Å². The molecular formula is C25H28N2O4S. The maximum absolute atomic E-state index is 12.5. The van der Waals surface area contributed by atoms with Crippen LogP contribution in [-0.2, 0) is 23.1 Å². The number of amides is 1. The monoisotopic (exact) mass is 452 g/mol. The zero-order valence-corrected chi connectivity index (χ0v) is 19.6. The fraction of sp³-hybridized carbons (Fsp3) is 0.240. The fourth-order valence-electron chi connectivity index (χ4n) is 3.36. The van der Waals surface area contributed by atoms with Crippen LogP contribution >= 0.6 is 0 Å². The molecule has 3 aromatic carbocycles. The lowest BCUT2D eigenvalue weighted by Gasteiger charge is -2.25. The SMILES string of the molecule is COc1cccc(CNC(=O)c2ccc(CN(c3cc(C)ccc3C)S(C)(=O)=O)cc2)c1. The molecule has 0 saturated carbocycles. The van der Waals surface area contributed by atoms with Gasteiger partial charge in [0, 0.05) is 12.1 Å². The number of carbonyl (C=O) groups excluding carboxylic acids is 1. The van der Waals surface area contributed by atoms with E-state index in [2.05, 4.69) is 5.32 Å². The number of hydrogen-bond acceptors (Lipinski definition) is 4. The number of nitrogens with zero attached hydrogens (tertiary/aromatic N) is 1. The molecule has 0 unspecified atom stereocenters. The standard InChI is InChI=1S/C25H28N2O4S/c1-18-8-9-19(2)24(14-18)27(32(4,29)30)17-20-10-12-22(13-11-20)25(28)26-16-21-6-5-7-23(15-21)31-3/h5-15H,16-17H2,1-4H3,(H,26,28). The van der Waals surface area contributed by atoms with Gasteiger partial charge in [0.25, 0.3) is 5.91 Å². The summed E-state index contributed by atoms with van der Waals surface area (Å²) in [5.74, 6) is 0.536. The third-order valence-corrected chi connectivity index (χ3v) is 6.29. The summed E-state index contributed by atoms with van der Waals surface area (Å²) < 4.78 is 31.6. The van der Waals surface area contributed by atoms with Crippen molar-refractivity contribution in [2.75, 3.05) is 17.7 Å². The second-order valence-corrected chi connectivity index (χ2v) is 9.70. The van der Waals surface area contributed by atoms with Gasteiger partial charge in [-0.05, 0) is 66.4 Å². The van der Waals surface area contributed by atoms with Crippen molar-refractivity contribution in [3.63, 3.8) is 0 Å². The van der Waals surface area contributed by atoms with Gasteiger partial charge in [0.15, 0.2) is 0 Å². The number of rotatable bonds is 8. The lowest BCUT2D eigenvalue weighted by Crippen LogP contribution is -2.30. The Bertz CT molecular complexity index is 1200. The van der Waals surface area contributed by atoms with Crippen LogP contribution in [0.3, 0.4) is 0 Å². The number of aryl methyl sites for hydroxylation is 2. The maximum Gasteiger partial charge on any atom is 0.251 e. The van der Waals surface area contributed by atoms with Crippen molar-refractivity contribution < 1.29 is 17.9 Å². The number of carbonyl (C=O) groups is 1. The van der Waals surface area contributed by atoms with E-state index in [1.807, 2.05) is 56.3 Å². The van der Waals surface area contributed by atoms with Crippen LogP contribution < -0.4 is 14.4 Å². The van der Waals surface area contributed by atoms with Gasteiger partial charge in [-0.25, -0.2) is 8.42 Å². The van der Waals surface area contributed by atoms with Gasteiger partial charge in [-0.1, -0.05) is 36.4 Å². The van der Waals surface area contributed by atoms with E-state index < -0.39 is 10.0 Å². The molecule has 0 bridgehead atoms. The minimum Gasteiger partial charge on any atom is -0.497 e. The van der Waals surface area contributed by atoms with Gasteiger partial charge < -0.3 is 10.1 Å². The third-order valence-electron chi connectivity index (χ3n) is 5.16. The molecule has 3 aromatic rings. The van der Waals surface area contributed by atoms with Gasteiger partial charge >= 0.3 is 0 Å². The number of ether oxygens (including phenoxy) is 1. The summed E-state index contributed by atoms with van der Waals surface area (Å²) in [6.07, 6.45) is 1.20. The lowest BCUT2D eigenvalue weighted by molar-refractivity contribution is 0.0951. The molecule has 0 aliphatic rings. The van der Waals surface area contributed by atoms with Crippen LogP contribution in [-0.4, -0.2) is 27.7 Å². The largest absolute Gasteiger partial charge is 0.497 e. The molecule has 7 heteroatoms. The van der Waals surface area contributed by atoms with E-state index >= 15 is 0 Å². The van der Waals surface area contributed by atoms with Gasteiger partial charge in [-0.3, -0.25) is 9.10 Å². The molecule has 6 nitrogen and oxygen atoms in total. The quantitative estimate of drug-likeness (QED) is 0.556. The Labute approximate surface area is 189 Å². The molecule has 0 heterocycles. The van der Waals surface area contributed by atoms with Crippen LogP contribution in [0.1, 0.15) is 32.6 Å². The Hall–Kier alpha value is -3.32.